The number of hydrogen-bond acceptors (Lipinski definition) is 5. The lowest BCUT2D eigenvalue weighted by Gasteiger charge is -1.95. The quantitative estimate of drug-likeness (QED) is 0.798. The van der Waals surface area contributed by atoms with Crippen molar-refractivity contribution in [3.63, 3.8) is 0 Å². The van der Waals surface area contributed by atoms with E-state index < -0.39 is 0 Å². The first-order chi connectivity index (χ1) is 6.79. The third-order valence-electron chi connectivity index (χ3n) is 1.72. The summed E-state index contributed by atoms with van der Waals surface area (Å²) in [6, 6.07) is 1.84. The van der Waals surface area contributed by atoms with Crippen molar-refractivity contribution in [2.45, 2.75) is 6.54 Å². The van der Waals surface area contributed by atoms with E-state index in [1.54, 1.807) is 23.3 Å². The van der Waals surface area contributed by atoms with Crippen LogP contribution < -0.4 is 9.61 Å². The van der Waals surface area contributed by atoms with Crippen LogP contribution in [0.4, 0.5) is 0 Å². The van der Waals surface area contributed by atoms with Crippen LogP contribution in [0.2, 0.25) is 0 Å². The molecular formula is C8H8N2O2S2. The Hall–Kier alpha value is -1.14. The van der Waals surface area contributed by atoms with Crippen molar-refractivity contribution < 1.29 is 4.74 Å². The zero-order valence-corrected chi connectivity index (χ0v) is 9.10. The maximum atomic E-state index is 11.2. The SMILES string of the molecule is COc1cc(Cn2ccsc2=O)sn1. The molecule has 0 aliphatic heterocycles. The van der Waals surface area contributed by atoms with Crippen molar-refractivity contribution in [3.05, 3.63) is 32.2 Å². The molecule has 74 valence electrons. The van der Waals surface area contributed by atoms with Gasteiger partial charge >= 0.3 is 4.87 Å². The molecule has 0 spiro atoms. The summed E-state index contributed by atoms with van der Waals surface area (Å²) >= 11 is 2.55. The van der Waals surface area contributed by atoms with Crippen LogP contribution in [0.5, 0.6) is 5.88 Å². The number of thiazole rings is 1. The Bertz CT molecular complexity index is 471. The number of hydrogen-bond donors (Lipinski definition) is 0. The Kier molecular flexibility index (Phi) is 2.64. The van der Waals surface area contributed by atoms with E-state index >= 15 is 0 Å². The highest BCUT2D eigenvalue weighted by atomic mass is 32.1. The Morgan fingerprint density at radius 2 is 2.50 bits per heavy atom. The molecule has 0 amide bonds. The van der Waals surface area contributed by atoms with Gasteiger partial charge < -0.3 is 9.30 Å². The van der Waals surface area contributed by atoms with Crippen molar-refractivity contribution in [1.82, 2.24) is 8.94 Å². The molecular weight excluding hydrogens is 220 g/mol. The smallest absolute Gasteiger partial charge is 0.307 e. The van der Waals surface area contributed by atoms with E-state index in [9.17, 15) is 4.79 Å². The van der Waals surface area contributed by atoms with E-state index in [0.717, 1.165) is 4.88 Å². The van der Waals surface area contributed by atoms with Gasteiger partial charge in [-0.15, -0.1) is 0 Å². The van der Waals surface area contributed by atoms with Crippen molar-refractivity contribution in [2.75, 3.05) is 7.11 Å². The molecule has 14 heavy (non-hydrogen) atoms. The summed E-state index contributed by atoms with van der Waals surface area (Å²) in [5.41, 5.74) is 0. The Morgan fingerprint density at radius 3 is 3.07 bits per heavy atom. The average Bonchev–Trinajstić information content (AvgIpc) is 2.77. The van der Waals surface area contributed by atoms with Gasteiger partial charge in [-0.2, -0.15) is 4.37 Å². The zero-order chi connectivity index (χ0) is 9.97. The van der Waals surface area contributed by atoms with Crippen molar-refractivity contribution in [3.8, 4) is 5.88 Å². The molecule has 0 aromatic carbocycles. The Morgan fingerprint density at radius 1 is 1.64 bits per heavy atom. The minimum atomic E-state index is 0.0531. The molecule has 0 saturated heterocycles. The van der Waals surface area contributed by atoms with E-state index in [4.69, 9.17) is 4.74 Å². The van der Waals surface area contributed by atoms with Gasteiger partial charge in [0.25, 0.3) is 0 Å². The van der Waals surface area contributed by atoms with E-state index in [1.165, 1.54) is 22.9 Å². The number of methoxy groups -OCH3 is 1. The van der Waals surface area contributed by atoms with Gasteiger partial charge in [-0.3, -0.25) is 4.79 Å². The topological polar surface area (TPSA) is 44.1 Å². The second-order valence-corrected chi connectivity index (χ2v) is 4.38. The Labute approximate surface area is 88.6 Å². The molecule has 2 heterocycles. The van der Waals surface area contributed by atoms with Gasteiger partial charge in [-0.1, -0.05) is 11.3 Å². The second-order valence-electron chi connectivity index (χ2n) is 2.63. The summed E-state index contributed by atoms with van der Waals surface area (Å²) in [6.45, 7) is 0.573. The lowest BCUT2D eigenvalue weighted by atomic mass is 10.5. The first-order valence-electron chi connectivity index (χ1n) is 3.93. The first-order valence-corrected chi connectivity index (χ1v) is 5.58. The first kappa shape index (κ1) is 9.42. The van der Waals surface area contributed by atoms with Crippen molar-refractivity contribution in [1.29, 1.82) is 0 Å². The zero-order valence-electron chi connectivity index (χ0n) is 7.47. The third-order valence-corrected chi connectivity index (χ3v) is 3.16. The predicted octanol–water partition coefficient (Wildman–Crippen LogP) is 1.42. The summed E-state index contributed by atoms with van der Waals surface area (Å²) < 4.78 is 10.7. The monoisotopic (exact) mass is 228 g/mol. The fourth-order valence-electron chi connectivity index (χ4n) is 1.04. The predicted molar refractivity (Wildman–Crippen MR) is 56.3 cm³/mol. The van der Waals surface area contributed by atoms with Crippen LogP contribution in [0.25, 0.3) is 0 Å². The summed E-state index contributed by atoms with van der Waals surface area (Å²) in [5, 5.41) is 1.78. The number of rotatable bonds is 3. The molecule has 0 fully saturated rings. The van der Waals surface area contributed by atoms with Crippen molar-refractivity contribution >= 4 is 22.9 Å². The largest absolute Gasteiger partial charge is 0.480 e. The maximum Gasteiger partial charge on any atom is 0.307 e. The standard InChI is InChI=1S/C8H8N2O2S2/c1-12-7-4-6(14-9-7)5-10-2-3-13-8(10)11/h2-4H,5H2,1H3. The van der Waals surface area contributed by atoms with Crippen LogP contribution in [-0.2, 0) is 6.54 Å². The van der Waals surface area contributed by atoms with Crippen LogP contribution >= 0.6 is 22.9 Å². The third kappa shape index (κ3) is 1.85. The van der Waals surface area contributed by atoms with Gasteiger partial charge in [0.05, 0.1) is 13.7 Å². The number of aromatic nitrogens is 2. The molecule has 0 bridgehead atoms. The minimum Gasteiger partial charge on any atom is -0.480 e. The van der Waals surface area contributed by atoms with Crippen LogP contribution in [0, 0.1) is 0 Å². The van der Waals surface area contributed by atoms with Crippen LogP contribution in [0.15, 0.2) is 22.4 Å². The van der Waals surface area contributed by atoms with Gasteiger partial charge in [0.1, 0.15) is 0 Å². The van der Waals surface area contributed by atoms with Gasteiger partial charge in [0, 0.05) is 22.5 Å². The highest BCUT2D eigenvalue weighted by Crippen LogP contribution is 2.16. The van der Waals surface area contributed by atoms with Crippen LogP contribution in [0.1, 0.15) is 4.88 Å². The normalized spacial score (nSPS) is 10.4. The molecule has 0 radical (unpaired) electrons. The second kappa shape index (κ2) is 3.93. The molecule has 0 aliphatic carbocycles. The average molecular weight is 228 g/mol. The van der Waals surface area contributed by atoms with E-state index in [0.29, 0.717) is 12.4 Å². The highest BCUT2D eigenvalue weighted by molar-refractivity contribution is 7.07. The molecule has 2 aromatic rings. The summed E-state index contributed by atoms with van der Waals surface area (Å²) in [5.74, 6) is 0.605. The molecule has 0 N–H and O–H groups in total. The highest BCUT2D eigenvalue weighted by Gasteiger charge is 2.03. The maximum absolute atomic E-state index is 11.2. The summed E-state index contributed by atoms with van der Waals surface area (Å²) in [7, 11) is 1.58. The van der Waals surface area contributed by atoms with E-state index in [-0.39, 0.29) is 4.87 Å². The molecule has 0 aliphatic rings. The van der Waals surface area contributed by atoms with Gasteiger partial charge in [0.15, 0.2) is 0 Å². The molecule has 0 atom stereocenters. The minimum absolute atomic E-state index is 0.0531. The van der Waals surface area contributed by atoms with Gasteiger partial charge in [-0.05, 0) is 11.5 Å². The summed E-state index contributed by atoms with van der Waals surface area (Å²) in [6.07, 6.45) is 1.78. The molecule has 6 heteroatoms. The lowest BCUT2D eigenvalue weighted by Crippen LogP contribution is -2.11. The fraction of sp³-hybridized carbons (Fsp3) is 0.250. The molecule has 0 saturated carbocycles. The van der Waals surface area contributed by atoms with Gasteiger partial charge in [0.2, 0.25) is 5.88 Å². The number of ether oxygens (including phenoxy) is 1. The molecule has 0 unspecified atom stereocenters. The van der Waals surface area contributed by atoms with Crippen LogP contribution in [-0.4, -0.2) is 16.1 Å². The molecule has 2 aromatic heterocycles. The van der Waals surface area contributed by atoms with Gasteiger partial charge in [-0.25, -0.2) is 0 Å². The fourth-order valence-corrected chi connectivity index (χ4v) is 2.31. The Balaban J connectivity index is 2.19. The van der Waals surface area contributed by atoms with E-state index in [1.807, 2.05) is 6.07 Å². The number of nitrogens with zero attached hydrogens (tertiary/aromatic N) is 2. The lowest BCUT2D eigenvalue weighted by molar-refractivity contribution is 0.402. The van der Waals surface area contributed by atoms with Crippen molar-refractivity contribution in [2.24, 2.45) is 0 Å². The van der Waals surface area contributed by atoms with E-state index in [2.05, 4.69) is 4.37 Å². The van der Waals surface area contributed by atoms with Crippen LogP contribution in [0.3, 0.4) is 0 Å². The molecule has 2 rings (SSSR count). The molecule has 4 nitrogen and oxygen atoms in total. The summed E-state index contributed by atoms with van der Waals surface area (Å²) in [4.78, 5) is 12.3.